The summed E-state index contributed by atoms with van der Waals surface area (Å²) in [5.41, 5.74) is 5.29. The van der Waals surface area contributed by atoms with Crippen molar-refractivity contribution in [2.75, 3.05) is 13.6 Å². The minimum Gasteiger partial charge on any atom is -0.409 e. The Morgan fingerprint density at radius 3 is 2.67 bits per heavy atom. The Bertz CT molecular complexity index is 477. The Morgan fingerprint density at radius 1 is 1.44 bits per heavy atom. The van der Waals surface area contributed by atoms with Crippen molar-refractivity contribution in [3.8, 4) is 0 Å². The molecule has 1 aromatic carbocycles. The minimum absolute atomic E-state index is 0.0139. The van der Waals surface area contributed by atoms with Crippen molar-refractivity contribution in [2.45, 2.75) is 6.42 Å². The maximum absolute atomic E-state index is 13.0. The second-order valence-electron chi connectivity index (χ2n) is 3.70. The first-order valence-electron chi connectivity index (χ1n) is 5.12. The van der Waals surface area contributed by atoms with Crippen LogP contribution in [-0.4, -0.2) is 35.4 Å². The molecule has 5 nitrogen and oxygen atoms in total. The van der Waals surface area contributed by atoms with Crippen molar-refractivity contribution in [1.82, 2.24) is 4.90 Å². The van der Waals surface area contributed by atoms with Gasteiger partial charge < -0.3 is 15.8 Å². The maximum Gasteiger partial charge on any atom is 0.253 e. The van der Waals surface area contributed by atoms with E-state index in [1.807, 2.05) is 0 Å². The number of oxime groups is 1. The molecular formula is C11H13F2N3O2. The molecule has 0 unspecified atom stereocenters. The van der Waals surface area contributed by atoms with Crippen LogP contribution < -0.4 is 5.73 Å². The molecule has 0 aliphatic heterocycles. The predicted octanol–water partition coefficient (Wildman–Crippen LogP) is 1.17. The molecule has 0 fully saturated rings. The van der Waals surface area contributed by atoms with Gasteiger partial charge in [-0.2, -0.15) is 0 Å². The first-order chi connectivity index (χ1) is 8.45. The first kappa shape index (κ1) is 13.9. The number of carbonyl (C=O) groups excluding carboxylic acids is 1. The molecule has 7 heteroatoms. The van der Waals surface area contributed by atoms with E-state index in [4.69, 9.17) is 10.9 Å². The van der Waals surface area contributed by atoms with Crippen LogP contribution in [0, 0.1) is 11.6 Å². The van der Waals surface area contributed by atoms with Crippen LogP contribution in [0.15, 0.2) is 23.4 Å². The van der Waals surface area contributed by atoms with Crippen molar-refractivity contribution in [1.29, 1.82) is 0 Å². The average molecular weight is 257 g/mol. The number of amidine groups is 1. The van der Waals surface area contributed by atoms with Crippen LogP contribution in [0.1, 0.15) is 16.8 Å². The van der Waals surface area contributed by atoms with E-state index in [-0.39, 0.29) is 24.4 Å². The van der Waals surface area contributed by atoms with E-state index in [0.29, 0.717) is 0 Å². The largest absolute Gasteiger partial charge is 0.409 e. The smallest absolute Gasteiger partial charge is 0.253 e. The van der Waals surface area contributed by atoms with Crippen molar-refractivity contribution in [2.24, 2.45) is 10.9 Å². The monoisotopic (exact) mass is 257 g/mol. The number of nitrogens with zero attached hydrogens (tertiary/aromatic N) is 2. The molecule has 0 bridgehead atoms. The number of rotatable bonds is 4. The zero-order valence-corrected chi connectivity index (χ0v) is 9.73. The summed E-state index contributed by atoms with van der Waals surface area (Å²) in [6.07, 6.45) is 0.183. The van der Waals surface area contributed by atoms with E-state index in [1.165, 1.54) is 18.0 Å². The molecule has 0 atom stereocenters. The van der Waals surface area contributed by atoms with Crippen LogP contribution in [0.25, 0.3) is 0 Å². The lowest BCUT2D eigenvalue weighted by Crippen LogP contribution is -2.30. The molecule has 0 heterocycles. The van der Waals surface area contributed by atoms with E-state index in [2.05, 4.69) is 5.16 Å². The zero-order valence-electron chi connectivity index (χ0n) is 9.73. The van der Waals surface area contributed by atoms with E-state index >= 15 is 0 Å². The van der Waals surface area contributed by atoms with Crippen LogP contribution in [0.2, 0.25) is 0 Å². The van der Waals surface area contributed by atoms with Gasteiger partial charge in [-0.3, -0.25) is 4.79 Å². The lowest BCUT2D eigenvalue weighted by Gasteiger charge is -2.16. The van der Waals surface area contributed by atoms with Crippen LogP contribution in [0.4, 0.5) is 8.78 Å². The van der Waals surface area contributed by atoms with Crippen LogP contribution in [0.3, 0.4) is 0 Å². The molecule has 1 rings (SSSR count). The Morgan fingerprint density at radius 2 is 2.11 bits per heavy atom. The van der Waals surface area contributed by atoms with Crippen LogP contribution in [0.5, 0.6) is 0 Å². The van der Waals surface area contributed by atoms with Crippen LogP contribution in [-0.2, 0) is 0 Å². The van der Waals surface area contributed by atoms with Gasteiger partial charge in [-0.25, -0.2) is 8.78 Å². The quantitative estimate of drug-likeness (QED) is 0.368. The molecule has 98 valence electrons. The number of amides is 1. The molecule has 0 aliphatic rings. The van der Waals surface area contributed by atoms with E-state index in [0.717, 1.165) is 12.1 Å². The fourth-order valence-corrected chi connectivity index (χ4v) is 1.28. The van der Waals surface area contributed by atoms with Crippen molar-refractivity contribution < 1.29 is 18.8 Å². The van der Waals surface area contributed by atoms with Gasteiger partial charge in [0.25, 0.3) is 5.91 Å². The molecule has 0 aliphatic carbocycles. The van der Waals surface area contributed by atoms with Gasteiger partial charge >= 0.3 is 0 Å². The fraction of sp³-hybridized carbons (Fsp3) is 0.273. The minimum atomic E-state index is -1.08. The molecule has 3 N–H and O–H groups in total. The van der Waals surface area contributed by atoms with Gasteiger partial charge in [0.05, 0.1) is 0 Å². The lowest BCUT2D eigenvalue weighted by atomic mass is 10.2. The normalized spacial score (nSPS) is 11.4. The Labute approximate surface area is 102 Å². The highest BCUT2D eigenvalue weighted by atomic mass is 19.2. The number of hydrogen-bond donors (Lipinski definition) is 2. The lowest BCUT2D eigenvalue weighted by molar-refractivity contribution is 0.0798. The highest BCUT2D eigenvalue weighted by Crippen LogP contribution is 2.10. The number of hydrogen-bond acceptors (Lipinski definition) is 3. The second-order valence-corrected chi connectivity index (χ2v) is 3.70. The first-order valence-corrected chi connectivity index (χ1v) is 5.12. The van der Waals surface area contributed by atoms with Crippen LogP contribution >= 0.6 is 0 Å². The Kier molecular flexibility index (Phi) is 4.59. The number of nitrogens with two attached hydrogens (primary N) is 1. The number of halogens is 2. The van der Waals surface area contributed by atoms with Gasteiger partial charge in [0.1, 0.15) is 5.84 Å². The average Bonchev–Trinajstić information content (AvgIpc) is 2.37. The maximum atomic E-state index is 13.0. The number of carbonyl (C=O) groups is 1. The van der Waals surface area contributed by atoms with Gasteiger partial charge in [-0.1, -0.05) is 5.16 Å². The van der Waals surface area contributed by atoms with Gasteiger partial charge in [-0.05, 0) is 18.2 Å². The summed E-state index contributed by atoms with van der Waals surface area (Å²) in [5, 5.41) is 11.1. The third-order valence-electron chi connectivity index (χ3n) is 2.35. The third-order valence-corrected chi connectivity index (χ3v) is 2.35. The summed E-state index contributed by atoms with van der Waals surface area (Å²) in [6, 6.07) is 2.92. The van der Waals surface area contributed by atoms with Crippen molar-refractivity contribution in [3.05, 3.63) is 35.4 Å². The molecule has 0 aromatic heterocycles. The van der Waals surface area contributed by atoms with Crippen molar-refractivity contribution in [3.63, 3.8) is 0 Å². The molecule has 18 heavy (non-hydrogen) atoms. The molecule has 0 saturated heterocycles. The molecule has 0 radical (unpaired) electrons. The summed E-state index contributed by atoms with van der Waals surface area (Å²) in [4.78, 5) is 13.1. The Hall–Kier alpha value is -2.18. The number of benzene rings is 1. The van der Waals surface area contributed by atoms with E-state index < -0.39 is 17.5 Å². The van der Waals surface area contributed by atoms with E-state index in [1.54, 1.807) is 0 Å². The van der Waals surface area contributed by atoms with Gasteiger partial charge in [0.2, 0.25) is 0 Å². The summed E-state index contributed by atoms with van der Waals surface area (Å²) < 4.78 is 25.7. The summed E-state index contributed by atoms with van der Waals surface area (Å²) in [5.74, 6) is -2.57. The highest BCUT2D eigenvalue weighted by Gasteiger charge is 2.14. The summed E-state index contributed by atoms with van der Waals surface area (Å²) >= 11 is 0. The fourth-order valence-electron chi connectivity index (χ4n) is 1.28. The molecular weight excluding hydrogens is 244 g/mol. The van der Waals surface area contributed by atoms with Gasteiger partial charge in [-0.15, -0.1) is 0 Å². The standard InChI is InChI=1S/C11H13F2N3O2/c1-16(5-4-10(14)15-18)11(17)7-2-3-8(12)9(13)6-7/h2-3,6,18H,4-5H2,1H3,(H2,14,15). The second kappa shape index (κ2) is 5.95. The summed E-state index contributed by atoms with van der Waals surface area (Å²) in [6.45, 7) is 0.202. The topological polar surface area (TPSA) is 78.9 Å². The van der Waals surface area contributed by atoms with Crippen molar-refractivity contribution >= 4 is 11.7 Å². The van der Waals surface area contributed by atoms with Gasteiger partial charge in [0.15, 0.2) is 11.6 Å². The molecule has 0 saturated carbocycles. The molecule has 1 aromatic rings. The Balaban J connectivity index is 2.71. The zero-order chi connectivity index (χ0) is 13.7. The molecule has 0 spiro atoms. The van der Waals surface area contributed by atoms with Gasteiger partial charge in [0, 0.05) is 25.6 Å². The predicted molar refractivity (Wildman–Crippen MR) is 61.3 cm³/mol. The SMILES string of the molecule is CN(CC/C(N)=N/O)C(=O)c1ccc(F)c(F)c1. The third kappa shape index (κ3) is 3.41. The summed E-state index contributed by atoms with van der Waals surface area (Å²) in [7, 11) is 1.48. The van der Waals surface area contributed by atoms with E-state index in [9.17, 15) is 13.6 Å². The highest BCUT2D eigenvalue weighted by molar-refractivity contribution is 5.94. The molecule has 1 amide bonds.